The zero-order valence-electron chi connectivity index (χ0n) is 16.4. The van der Waals surface area contributed by atoms with Crippen LogP contribution in [-0.4, -0.2) is 97.3 Å². The molecule has 10 N–H and O–H groups in total. The van der Waals surface area contributed by atoms with Crippen molar-refractivity contribution >= 4 is 24.3 Å². The molecular formula is C16H23N5O11. The minimum Gasteiger partial charge on any atom is -0.480 e. The van der Waals surface area contributed by atoms with Gasteiger partial charge in [0, 0.05) is 12.6 Å². The number of nitrogens with one attached hydrogen (secondary N) is 2. The van der Waals surface area contributed by atoms with Gasteiger partial charge in [0.15, 0.2) is 18.6 Å². The first kappa shape index (κ1) is 25.0. The number of carbonyl (C=O) groups is 4. The van der Waals surface area contributed by atoms with Crippen molar-refractivity contribution in [3.8, 4) is 0 Å². The van der Waals surface area contributed by atoms with E-state index in [1.54, 1.807) is 0 Å². The number of hydrogen-bond donors (Lipinski definition) is 8. The monoisotopic (exact) mass is 461 g/mol. The van der Waals surface area contributed by atoms with Gasteiger partial charge in [0.2, 0.25) is 5.91 Å². The molecule has 1 saturated heterocycles. The summed E-state index contributed by atoms with van der Waals surface area (Å²) >= 11 is 0. The molecule has 1 aliphatic heterocycles. The Morgan fingerprint density at radius 1 is 1.34 bits per heavy atom. The van der Waals surface area contributed by atoms with Gasteiger partial charge in [0.05, 0.1) is 17.8 Å². The zero-order valence-corrected chi connectivity index (χ0v) is 16.4. The topological polar surface area (TPSA) is 270 Å². The summed E-state index contributed by atoms with van der Waals surface area (Å²) in [6.45, 7) is -0.550. The molecule has 0 aliphatic carbocycles. The number of carboxylic acids is 1. The highest BCUT2D eigenvalue weighted by molar-refractivity contribution is 5.87. The molecular weight excluding hydrogens is 438 g/mol. The second-order valence-corrected chi connectivity index (χ2v) is 6.96. The van der Waals surface area contributed by atoms with Gasteiger partial charge in [-0.1, -0.05) is 0 Å². The molecule has 2 rings (SSSR count). The van der Waals surface area contributed by atoms with E-state index in [2.05, 4.69) is 9.72 Å². The van der Waals surface area contributed by atoms with E-state index in [4.69, 9.17) is 16.2 Å². The van der Waals surface area contributed by atoms with E-state index in [-0.39, 0.29) is 5.69 Å². The minimum absolute atomic E-state index is 0.156. The van der Waals surface area contributed by atoms with Gasteiger partial charge in [-0.2, -0.15) is 0 Å². The predicted molar refractivity (Wildman–Crippen MR) is 100 cm³/mol. The summed E-state index contributed by atoms with van der Waals surface area (Å²) < 4.78 is 10.4. The van der Waals surface area contributed by atoms with Crippen LogP contribution in [0.5, 0.6) is 0 Å². The number of hydrogen-bond acceptors (Lipinski definition) is 11. The van der Waals surface area contributed by atoms with Gasteiger partial charge in [0.25, 0.3) is 0 Å². The maximum Gasteiger partial charge on any atom is 0.404 e. The Bertz CT molecular complexity index is 914. The Morgan fingerprint density at radius 3 is 2.53 bits per heavy atom. The van der Waals surface area contributed by atoms with Crippen LogP contribution in [0, 0.1) is 0 Å². The number of aliphatic hydroxyl groups is 3. The average molecular weight is 461 g/mol. The first-order chi connectivity index (χ1) is 15.0. The lowest BCUT2D eigenvalue weighted by atomic mass is 10.0. The third kappa shape index (κ3) is 5.68. The van der Waals surface area contributed by atoms with Gasteiger partial charge in [-0.15, -0.1) is 0 Å². The number of aliphatic carboxylic acids is 1. The van der Waals surface area contributed by atoms with Crippen LogP contribution in [0.2, 0.25) is 0 Å². The maximum atomic E-state index is 12.3. The van der Waals surface area contributed by atoms with Gasteiger partial charge < -0.3 is 51.7 Å². The second-order valence-electron chi connectivity index (χ2n) is 6.96. The molecule has 1 aromatic rings. The van der Waals surface area contributed by atoms with Crippen molar-refractivity contribution in [1.82, 2.24) is 14.9 Å². The normalized spacial score (nSPS) is 25.5. The standard InChI is InChI=1S/C16H23N5O11/c17-7(1-6(23)4-31-15(18)29)12(26)20-8(14(27)28)11-9(24)10(25)13(32-11)21-2-5(3-22)19-16(21)30/h2-3,6-11,13,23-25H,1,4,17H2,(H2,18,29)(H,19,30)(H,20,26)(H,27,28)/t6-,7+,8+,9+,10-,11?,13?/m1/s1. The average Bonchev–Trinajstić information content (AvgIpc) is 3.23. The number of carbonyl (C=O) groups excluding carboxylic acids is 3. The first-order valence-electron chi connectivity index (χ1n) is 9.13. The molecule has 16 nitrogen and oxygen atoms in total. The molecule has 1 fully saturated rings. The van der Waals surface area contributed by atoms with E-state index < -0.39 is 79.4 Å². The third-order valence-electron chi connectivity index (χ3n) is 4.61. The van der Waals surface area contributed by atoms with E-state index >= 15 is 0 Å². The van der Waals surface area contributed by atoms with Crippen molar-refractivity contribution < 1.29 is 49.1 Å². The van der Waals surface area contributed by atoms with Crippen molar-refractivity contribution in [2.24, 2.45) is 11.5 Å². The van der Waals surface area contributed by atoms with Crippen LogP contribution >= 0.6 is 0 Å². The summed E-state index contributed by atoms with van der Waals surface area (Å²) in [6, 6.07) is -3.37. The summed E-state index contributed by atoms with van der Waals surface area (Å²) in [7, 11) is 0. The summed E-state index contributed by atoms with van der Waals surface area (Å²) in [5.41, 5.74) is 9.35. The number of aldehydes is 1. The smallest absolute Gasteiger partial charge is 0.404 e. The molecule has 16 heteroatoms. The fourth-order valence-corrected chi connectivity index (χ4v) is 3.06. The number of aliphatic hydroxyl groups excluding tert-OH is 3. The van der Waals surface area contributed by atoms with Crippen molar-refractivity contribution in [3.63, 3.8) is 0 Å². The highest BCUT2D eigenvalue weighted by Gasteiger charge is 2.50. The van der Waals surface area contributed by atoms with Crippen molar-refractivity contribution in [2.75, 3.05) is 6.61 Å². The largest absolute Gasteiger partial charge is 0.480 e. The first-order valence-corrected chi connectivity index (χ1v) is 9.13. The molecule has 178 valence electrons. The lowest BCUT2D eigenvalue weighted by Crippen LogP contribution is -2.56. The van der Waals surface area contributed by atoms with Gasteiger partial charge in [-0.3, -0.25) is 14.2 Å². The number of imidazole rings is 1. The van der Waals surface area contributed by atoms with Crippen LogP contribution < -0.4 is 22.5 Å². The molecule has 1 aromatic heterocycles. The van der Waals surface area contributed by atoms with E-state index in [9.17, 15) is 44.4 Å². The van der Waals surface area contributed by atoms with Gasteiger partial charge >= 0.3 is 17.8 Å². The number of primary amides is 1. The van der Waals surface area contributed by atoms with Crippen LogP contribution in [0.15, 0.2) is 11.0 Å². The number of amides is 2. The fraction of sp³-hybridized carbons (Fsp3) is 0.562. The maximum absolute atomic E-state index is 12.3. The number of nitrogens with zero attached hydrogens (tertiary/aromatic N) is 1. The number of rotatable bonds is 10. The molecule has 0 aromatic carbocycles. The van der Waals surface area contributed by atoms with E-state index in [0.29, 0.717) is 6.29 Å². The molecule has 32 heavy (non-hydrogen) atoms. The molecule has 0 spiro atoms. The minimum atomic E-state index is -1.91. The van der Waals surface area contributed by atoms with Crippen molar-refractivity contribution in [1.29, 1.82) is 0 Å². The van der Waals surface area contributed by atoms with Crippen LogP contribution in [-0.2, 0) is 19.1 Å². The van der Waals surface area contributed by atoms with Crippen molar-refractivity contribution in [3.05, 3.63) is 22.4 Å². The van der Waals surface area contributed by atoms with Crippen LogP contribution in [0.4, 0.5) is 4.79 Å². The zero-order chi connectivity index (χ0) is 24.2. The molecule has 0 radical (unpaired) electrons. The molecule has 0 bridgehead atoms. The molecule has 0 saturated carbocycles. The Morgan fingerprint density at radius 2 is 2.00 bits per heavy atom. The summed E-state index contributed by atoms with van der Waals surface area (Å²) in [4.78, 5) is 59.4. The highest BCUT2D eigenvalue weighted by atomic mass is 16.6. The molecule has 2 unspecified atom stereocenters. The number of carboxylic acid groups (broad SMARTS) is 1. The second kappa shape index (κ2) is 10.3. The lowest BCUT2D eigenvalue weighted by molar-refractivity contribution is -0.149. The van der Waals surface area contributed by atoms with Crippen LogP contribution in [0.25, 0.3) is 0 Å². The molecule has 2 amide bonds. The highest BCUT2D eigenvalue weighted by Crippen LogP contribution is 2.30. The number of H-pyrrole nitrogens is 1. The summed E-state index contributed by atoms with van der Waals surface area (Å²) in [6.07, 6.45) is -8.56. The van der Waals surface area contributed by atoms with E-state index in [1.165, 1.54) is 0 Å². The summed E-state index contributed by atoms with van der Waals surface area (Å²) in [5, 5.41) is 41.7. The lowest BCUT2D eigenvalue weighted by Gasteiger charge is -2.25. The Hall–Kier alpha value is -3.31. The number of aromatic nitrogens is 2. The SMILES string of the molecule is NC(=O)OC[C@H](O)C[C@H](N)C(=O)N[C@H](C(=O)O)C1OC(n2cc(C=O)[nH]c2=O)[C@H](O)[C@@H]1O. The molecule has 1 aliphatic rings. The molecule has 2 heterocycles. The van der Waals surface area contributed by atoms with Crippen LogP contribution in [0.3, 0.4) is 0 Å². The van der Waals surface area contributed by atoms with Gasteiger partial charge in [-0.25, -0.2) is 14.4 Å². The Labute approximate surface area is 178 Å². The predicted octanol–water partition coefficient (Wildman–Crippen LogP) is -4.65. The fourth-order valence-electron chi connectivity index (χ4n) is 3.06. The Kier molecular flexibility index (Phi) is 8.06. The number of nitrogens with two attached hydrogens (primary N) is 2. The van der Waals surface area contributed by atoms with Gasteiger partial charge in [-0.05, 0) is 0 Å². The quantitative estimate of drug-likeness (QED) is 0.153. The molecule has 7 atom stereocenters. The third-order valence-corrected chi connectivity index (χ3v) is 4.61. The van der Waals surface area contributed by atoms with E-state index in [0.717, 1.165) is 10.8 Å². The summed E-state index contributed by atoms with van der Waals surface area (Å²) in [5.74, 6) is -2.72. The number of ether oxygens (including phenoxy) is 2. The van der Waals surface area contributed by atoms with Crippen LogP contribution in [0.1, 0.15) is 23.1 Å². The van der Waals surface area contributed by atoms with Crippen molar-refractivity contribution in [2.45, 2.75) is 49.1 Å². The van der Waals surface area contributed by atoms with E-state index in [1.807, 2.05) is 5.32 Å². The Balaban J connectivity index is 2.10. The van der Waals surface area contributed by atoms with Gasteiger partial charge in [0.1, 0.15) is 24.9 Å². The number of aromatic amines is 1.